The smallest absolute Gasteiger partial charge is 0.269 e. The van der Waals surface area contributed by atoms with Gasteiger partial charge < -0.3 is 0 Å². The molecule has 148 valence electrons. The van der Waals surface area contributed by atoms with E-state index < -0.39 is 5.25 Å². The van der Waals surface area contributed by atoms with Crippen LogP contribution in [0.2, 0.25) is 0 Å². The highest BCUT2D eigenvalue weighted by Gasteiger charge is 2.21. The maximum Gasteiger partial charge on any atom is 0.269 e. The summed E-state index contributed by atoms with van der Waals surface area (Å²) in [5.41, 5.74) is 6.19. The molecule has 0 bridgehead atoms. The SMILES string of the molecule is C=CCn1c(S[C@H](C)C(=O)NNC(=O)c2ccccc2)nnc1-c1ccncc1. The number of benzene rings is 1. The second kappa shape index (κ2) is 9.65. The van der Waals surface area contributed by atoms with E-state index >= 15 is 0 Å². The van der Waals surface area contributed by atoms with Gasteiger partial charge in [0.05, 0.1) is 5.25 Å². The first-order valence-electron chi connectivity index (χ1n) is 8.86. The third-order valence-electron chi connectivity index (χ3n) is 3.95. The van der Waals surface area contributed by atoms with Gasteiger partial charge in [-0.05, 0) is 31.2 Å². The van der Waals surface area contributed by atoms with Crippen LogP contribution < -0.4 is 10.9 Å². The lowest BCUT2D eigenvalue weighted by atomic mass is 10.2. The molecule has 2 aromatic heterocycles. The normalized spacial score (nSPS) is 11.5. The zero-order chi connectivity index (χ0) is 20.6. The molecule has 8 nitrogen and oxygen atoms in total. The van der Waals surface area contributed by atoms with Crippen LogP contribution in [0.3, 0.4) is 0 Å². The second-order valence-corrected chi connectivity index (χ2v) is 7.32. The van der Waals surface area contributed by atoms with Gasteiger partial charge in [0, 0.05) is 30.1 Å². The number of hydrazine groups is 1. The highest BCUT2D eigenvalue weighted by Crippen LogP contribution is 2.26. The average Bonchev–Trinajstić information content (AvgIpc) is 3.15. The van der Waals surface area contributed by atoms with E-state index in [1.54, 1.807) is 49.7 Å². The van der Waals surface area contributed by atoms with Crippen molar-refractivity contribution in [2.75, 3.05) is 0 Å². The van der Waals surface area contributed by atoms with Gasteiger partial charge in [0.25, 0.3) is 11.8 Å². The lowest BCUT2D eigenvalue weighted by Crippen LogP contribution is -2.44. The standard InChI is InChI=1S/C20H20N6O2S/c1-3-13-26-17(15-9-11-21-12-10-15)22-25-20(26)29-14(2)18(27)23-24-19(28)16-7-5-4-6-8-16/h3-12,14H,1,13H2,2H3,(H,23,27)(H,24,28)/t14-/m1/s1. The minimum atomic E-state index is -0.510. The zero-order valence-electron chi connectivity index (χ0n) is 15.8. The van der Waals surface area contributed by atoms with E-state index in [0.717, 1.165) is 5.56 Å². The van der Waals surface area contributed by atoms with E-state index in [2.05, 4.69) is 32.6 Å². The van der Waals surface area contributed by atoms with Crippen LogP contribution in [-0.4, -0.2) is 36.8 Å². The fourth-order valence-corrected chi connectivity index (χ4v) is 3.34. The van der Waals surface area contributed by atoms with Crippen LogP contribution in [0.15, 0.2) is 72.7 Å². The van der Waals surface area contributed by atoms with E-state index in [4.69, 9.17) is 0 Å². The highest BCUT2D eigenvalue weighted by molar-refractivity contribution is 8.00. The van der Waals surface area contributed by atoms with Gasteiger partial charge in [-0.3, -0.25) is 30.0 Å². The third-order valence-corrected chi connectivity index (χ3v) is 5.03. The van der Waals surface area contributed by atoms with Crippen molar-refractivity contribution >= 4 is 23.6 Å². The van der Waals surface area contributed by atoms with Crippen LogP contribution in [0.1, 0.15) is 17.3 Å². The Morgan fingerprint density at radius 3 is 2.55 bits per heavy atom. The van der Waals surface area contributed by atoms with Crippen molar-refractivity contribution in [3.63, 3.8) is 0 Å². The predicted molar refractivity (Wildman–Crippen MR) is 111 cm³/mol. The van der Waals surface area contributed by atoms with Gasteiger partial charge in [0.2, 0.25) is 0 Å². The molecule has 29 heavy (non-hydrogen) atoms. The molecule has 2 N–H and O–H groups in total. The fourth-order valence-electron chi connectivity index (χ4n) is 2.48. The van der Waals surface area contributed by atoms with Gasteiger partial charge >= 0.3 is 0 Å². The number of amides is 2. The van der Waals surface area contributed by atoms with Gasteiger partial charge in [-0.2, -0.15) is 0 Å². The van der Waals surface area contributed by atoms with Crippen molar-refractivity contribution in [3.8, 4) is 11.4 Å². The van der Waals surface area contributed by atoms with E-state index in [1.165, 1.54) is 11.8 Å². The number of carbonyl (C=O) groups excluding carboxylic acids is 2. The van der Waals surface area contributed by atoms with Gasteiger partial charge in [-0.15, -0.1) is 16.8 Å². The van der Waals surface area contributed by atoms with E-state index in [1.807, 2.05) is 22.8 Å². The summed E-state index contributed by atoms with van der Waals surface area (Å²) in [4.78, 5) is 28.5. The molecule has 0 aliphatic heterocycles. The van der Waals surface area contributed by atoms with Crippen molar-refractivity contribution in [1.29, 1.82) is 0 Å². The Morgan fingerprint density at radius 2 is 1.86 bits per heavy atom. The molecule has 0 spiro atoms. The molecule has 1 atom stereocenters. The van der Waals surface area contributed by atoms with E-state index in [9.17, 15) is 9.59 Å². The molecule has 9 heteroatoms. The topological polar surface area (TPSA) is 102 Å². The Labute approximate surface area is 172 Å². The van der Waals surface area contributed by atoms with E-state index in [0.29, 0.717) is 23.1 Å². The summed E-state index contributed by atoms with van der Waals surface area (Å²) >= 11 is 1.24. The van der Waals surface area contributed by atoms with Crippen molar-refractivity contribution in [1.82, 2.24) is 30.6 Å². The van der Waals surface area contributed by atoms with Crippen molar-refractivity contribution in [3.05, 3.63) is 73.1 Å². The Kier molecular flexibility index (Phi) is 6.75. The molecule has 0 aliphatic carbocycles. The number of hydrogen-bond acceptors (Lipinski definition) is 6. The molecule has 3 aromatic rings. The number of pyridine rings is 1. The number of aromatic nitrogens is 4. The van der Waals surface area contributed by atoms with Gasteiger partial charge in [0.1, 0.15) is 0 Å². The molecule has 0 fully saturated rings. The molecule has 2 amide bonds. The summed E-state index contributed by atoms with van der Waals surface area (Å²) in [6.07, 6.45) is 5.10. The van der Waals surface area contributed by atoms with Gasteiger partial charge in [0.15, 0.2) is 11.0 Å². The second-order valence-electron chi connectivity index (χ2n) is 6.01. The Morgan fingerprint density at radius 1 is 1.14 bits per heavy atom. The number of hydrogen-bond donors (Lipinski definition) is 2. The third kappa shape index (κ3) is 5.08. The summed E-state index contributed by atoms with van der Waals surface area (Å²) in [5, 5.41) is 8.53. The molecule has 3 rings (SSSR count). The molecular weight excluding hydrogens is 388 g/mol. The van der Waals surface area contributed by atoms with E-state index in [-0.39, 0.29) is 11.8 Å². The maximum atomic E-state index is 12.4. The molecule has 0 saturated heterocycles. The predicted octanol–water partition coefficient (Wildman–Crippen LogP) is 2.47. The Balaban J connectivity index is 1.66. The largest absolute Gasteiger partial charge is 0.298 e. The van der Waals surface area contributed by atoms with Crippen molar-refractivity contribution in [2.24, 2.45) is 0 Å². The molecule has 0 unspecified atom stereocenters. The maximum absolute atomic E-state index is 12.4. The number of allylic oxidation sites excluding steroid dienone is 1. The molecule has 0 radical (unpaired) electrons. The zero-order valence-corrected chi connectivity index (χ0v) is 16.6. The first kappa shape index (κ1) is 20.3. The highest BCUT2D eigenvalue weighted by atomic mass is 32.2. The summed E-state index contributed by atoms with van der Waals surface area (Å²) in [6.45, 7) is 6.00. The number of thioether (sulfide) groups is 1. The number of carbonyl (C=O) groups is 2. The lowest BCUT2D eigenvalue weighted by molar-refractivity contribution is -0.121. The van der Waals surface area contributed by atoms with Crippen molar-refractivity contribution in [2.45, 2.75) is 23.9 Å². The van der Waals surface area contributed by atoms with Gasteiger partial charge in [-0.1, -0.05) is 36.0 Å². The van der Waals surface area contributed by atoms with Crippen LogP contribution in [-0.2, 0) is 11.3 Å². The van der Waals surface area contributed by atoms with Crippen LogP contribution in [0.4, 0.5) is 0 Å². The number of nitrogens with zero attached hydrogens (tertiary/aromatic N) is 4. The van der Waals surface area contributed by atoms with Gasteiger partial charge in [-0.25, -0.2) is 0 Å². The Hall–Kier alpha value is -3.46. The monoisotopic (exact) mass is 408 g/mol. The van der Waals surface area contributed by atoms with Crippen LogP contribution in [0.5, 0.6) is 0 Å². The minimum Gasteiger partial charge on any atom is -0.298 e. The molecule has 1 aromatic carbocycles. The van der Waals surface area contributed by atoms with Crippen LogP contribution >= 0.6 is 11.8 Å². The molecular formula is C20H20N6O2S. The summed E-state index contributed by atoms with van der Waals surface area (Å²) in [6, 6.07) is 12.3. The average molecular weight is 408 g/mol. The van der Waals surface area contributed by atoms with Crippen LogP contribution in [0.25, 0.3) is 11.4 Å². The number of nitrogens with one attached hydrogen (secondary N) is 2. The summed E-state index contributed by atoms with van der Waals surface area (Å²) in [5.74, 6) is -0.0661. The summed E-state index contributed by atoms with van der Waals surface area (Å²) in [7, 11) is 0. The lowest BCUT2D eigenvalue weighted by Gasteiger charge is -2.13. The van der Waals surface area contributed by atoms with Crippen LogP contribution in [0, 0.1) is 0 Å². The number of rotatable bonds is 7. The Bertz CT molecular complexity index is 991. The molecule has 2 heterocycles. The quantitative estimate of drug-likeness (QED) is 0.354. The fraction of sp³-hybridized carbons (Fsp3) is 0.150. The first-order valence-corrected chi connectivity index (χ1v) is 9.74. The van der Waals surface area contributed by atoms with Crippen molar-refractivity contribution < 1.29 is 9.59 Å². The molecule has 0 aliphatic rings. The summed E-state index contributed by atoms with van der Waals surface area (Å²) < 4.78 is 1.87. The first-order chi connectivity index (χ1) is 14.1. The molecule has 0 saturated carbocycles. The minimum absolute atomic E-state index is 0.349.